The smallest absolute Gasteiger partial charge is 0.253 e. The van der Waals surface area contributed by atoms with Crippen molar-refractivity contribution in [3.8, 4) is 5.75 Å². The standard InChI is InChI=1S/C23H34N2O2/c26-23(25-15-5-2-6-16-25)19-9-11-21(12-10-19)27-22-13-17-24(18-14-22)20-7-3-1-4-8-20/h9-12,20,22H,1-8,13-18H2. The molecular formula is C23H34N2O2. The maximum Gasteiger partial charge on any atom is 0.253 e. The summed E-state index contributed by atoms with van der Waals surface area (Å²) in [6.07, 6.45) is 13.1. The number of hydrogen-bond donors (Lipinski definition) is 0. The summed E-state index contributed by atoms with van der Waals surface area (Å²) in [5, 5.41) is 0. The number of ether oxygens (including phenoxy) is 1. The highest BCUT2D eigenvalue weighted by atomic mass is 16.5. The van der Waals surface area contributed by atoms with E-state index in [0.29, 0.717) is 6.10 Å². The lowest BCUT2D eigenvalue weighted by molar-refractivity contribution is 0.0630. The molecule has 0 bridgehead atoms. The van der Waals surface area contributed by atoms with E-state index in [1.54, 1.807) is 0 Å². The van der Waals surface area contributed by atoms with E-state index in [2.05, 4.69) is 4.90 Å². The molecule has 3 fully saturated rings. The van der Waals surface area contributed by atoms with E-state index >= 15 is 0 Å². The minimum atomic E-state index is 0.169. The van der Waals surface area contributed by atoms with E-state index in [9.17, 15) is 4.79 Å². The molecule has 148 valence electrons. The largest absolute Gasteiger partial charge is 0.490 e. The fourth-order valence-electron chi connectivity index (χ4n) is 4.95. The number of likely N-dealkylation sites (tertiary alicyclic amines) is 2. The van der Waals surface area contributed by atoms with Gasteiger partial charge in [-0.05, 0) is 69.2 Å². The van der Waals surface area contributed by atoms with Crippen molar-refractivity contribution in [3.05, 3.63) is 29.8 Å². The van der Waals surface area contributed by atoms with Gasteiger partial charge in [0, 0.05) is 37.8 Å². The van der Waals surface area contributed by atoms with Gasteiger partial charge in [0.25, 0.3) is 5.91 Å². The first-order valence-electron chi connectivity index (χ1n) is 11.1. The van der Waals surface area contributed by atoms with Crippen molar-refractivity contribution in [1.82, 2.24) is 9.80 Å². The summed E-state index contributed by atoms with van der Waals surface area (Å²) in [7, 11) is 0. The first-order chi connectivity index (χ1) is 13.3. The predicted molar refractivity (Wildman–Crippen MR) is 108 cm³/mol. The topological polar surface area (TPSA) is 32.8 Å². The molecule has 1 aromatic rings. The number of carbonyl (C=O) groups excluding carboxylic acids is 1. The van der Waals surface area contributed by atoms with Crippen LogP contribution in [-0.2, 0) is 0 Å². The number of piperidine rings is 2. The van der Waals surface area contributed by atoms with Gasteiger partial charge in [0.1, 0.15) is 11.9 Å². The molecule has 1 amide bonds. The van der Waals surface area contributed by atoms with E-state index in [1.807, 2.05) is 29.2 Å². The van der Waals surface area contributed by atoms with Crippen LogP contribution in [0, 0.1) is 0 Å². The summed E-state index contributed by atoms with van der Waals surface area (Å²) in [6.45, 7) is 4.13. The monoisotopic (exact) mass is 370 g/mol. The summed E-state index contributed by atoms with van der Waals surface area (Å²) < 4.78 is 6.22. The Morgan fingerprint density at radius 1 is 0.778 bits per heavy atom. The summed E-state index contributed by atoms with van der Waals surface area (Å²) in [5.41, 5.74) is 0.788. The second-order valence-electron chi connectivity index (χ2n) is 8.52. The number of amides is 1. The Bertz CT molecular complexity index is 595. The van der Waals surface area contributed by atoms with Crippen LogP contribution in [0.15, 0.2) is 24.3 Å². The van der Waals surface area contributed by atoms with E-state index in [0.717, 1.165) is 56.1 Å². The zero-order chi connectivity index (χ0) is 18.5. The van der Waals surface area contributed by atoms with Gasteiger partial charge >= 0.3 is 0 Å². The van der Waals surface area contributed by atoms with Gasteiger partial charge in [0.05, 0.1) is 0 Å². The number of carbonyl (C=O) groups is 1. The number of nitrogens with zero attached hydrogens (tertiary/aromatic N) is 2. The zero-order valence-corrected chi connectivity index (χ0v) is 16.6. The van der Waals surface area contributed by atoms with Crippen molar-refractivity contribution in [2.75, 3.05) is 26.2 Å². The van der Waals surface area contributed by atoms with Crippen molar-refractivity contribution < 1.29 is 9.53 Å². The predicted octanol–water partition coefficient (Wildman–Crippen LogP) is 4.49. The molecular weight excluding hydrogens is 336 g/mol. The second kappa shape index (κ2) is 9.09. The molecule has 0 spiro atoms. The molecule has 1 aliphatic carbocycles. The highest BCUT2D eigenvalue weighted by molar-refractivity contribution is 5.94. The number of rotatable bonds is 4. The normalized spacial score (nSPS) is 23.3. The minimum Gasteiger partial charge on any atom is -0.490 e. The average molecular weight is 371 g/mol. The van der Waals surface area contributed by atoms with Crippen LogP contribution in [0.25, 0.3) is 0 Å². The molecule has 4 heteroatoms. The lowest BCUT2D eigenvalue weighted by Crippen LogP contribution is -2.44. The Morgan fingerprint density at radius 2 is 1.41 bits per heavy atom. The van der Waals surface area contributed by atoms with Crippen molar-refractivity contribution in [1.29, 1.82) is 0 Å². The van der Waals surface area contributed by atoms with Crippen LogP contribution in [0.4, 0.5) is 0 Å². The van der Waals surface area contributed by atoms with Gasteiger partial charge in [-0.15, -0.1) is 0 Å². The molecule has 4 rings (SSSR count). The van der Waals surface area contributed by atoms with Crippen LogP contribution in [0.5, 0.6) is 5.75 Å². The van der Waals surface area contributed by atoms with Crippen LogP contribution in [0.2, 0.25) is 0 Å². The first kappa shape index (κ1) is 18.8. The number of hydrogen-bond acceptors (Lipinski definition) is 3. The zero-order valence-electron chi connectivity index (χ0n) is 16.6. The van der Waals surface area contributed by atoms with Gasteiger partial charge < -0.3 is 14.5 Å². The van der Waals surface area contributed by atoms with Gasteiger partial charge in [-0.1, -0.05) is 19.3 Å². The van der Waals surface area contributed by atoms with Gasteiger partial charge in [-0.25, -0.2) is 0 Å². The van der Waals surface area contributed by atoms with Crippen LogP contribution in [0.3, 0.4) is 0 Å². The molecule has 0 radical (unpaired) electrons. The molecule has 27 heavy (non-hydrogen) atoms. The molecule has 2 saturated heterocycles. The third-order valence-corrected chi connectivity index (χ3v) is 6.61. The Kier molecular flexibility index (Phi) is 6.33. The third-order valence-electron chi connectivity index (χ3n) is 6.61. The van der Waals surface area contributed by atoms with Crippen molar-refractivity contribution >= 4 is 5.91 Å². The molecule has 0 atom stereocenters. The summed E-state index contributed by atoms with van der Waals surface area (Å²) in [5.74, 6) is 1.07. The Morgan fingerprint density at radius 3 is 2.07 bits per heavy atom. The highest BCUT2D eigenvalue weighted by Crippen LogP contribution is 2.27. The van der Waals surface area contributed by atoms with E-state index in [1.165, 1.54) is 51.6 Å². The summed E-state index contributed by atoms with van der Waals surface area (Å²) in [6, 6.07) is 8.64. The molecule has 0 aromatic heterocycles. The highest BCUT2D eigenvalue weighted by Gasteiger charge is 2.27. The SMILES string of the molecule is O=C(c1ccc(OC2CCN(C3CCCCC3)CC2)cc1)N1CCCCC1. The minimum absolute atomic E-state index is 0.169. The quantitative estimate of drug-likeness (QED) is 0.783. The van der Waals surface area contributed by atoms with Crippen molar-refractivity contribution in [3.63, 3.8) is 0 Å². The summed E-state index contributed by atoms with van der Waals surface area (Å²) >= 11 is 0. The molecule has 1 aromatic carbocycles. The fraction of sp³-hybridized carbons (Fsp3) is 0.696. The molecule has 2 aliphatic heterocycles. The lowest BCUT2D eigenvalue weighted by atomic mass is 9.92. The van der Waals surface area contributed by atoms with Gasteiger partial charge in [0.2, 0.25) is 0 Å². The molecule has 0 N–H and O–H groups in total. The first-order valence-corrected chi connectivity index (χ1v) is 11.1. The third kappa shape index (κ3) is 4.84. The fourth-order valence-corrected chi connectivity index (χ4v) is 4.95. The van der Waals surface area contributed by atoms with Crippen molar-refractivity contribution in [2.45, 2.75) is 76.4 Å². The summed E-state index contributed by atoms with van der Waals surface area (Å²) in [4.78, 5) is 17.2. The van der Waals surface area contributed by atoms with Gasteiger partial charge in [-0.2, -0.15) is 0 Å². The molecule has 2 heterocycles. The van der Waals surface area contributed by atoms with E-state index < -0.39 is 0 Å². The van der Waals surface area contributed by atoms with Crippen LogP contribution >= 0.6 is 0 Å². The van der Waals surface area contributed by atoms with E-state index in [4.69, 9.17) is 4.74 Å². The van der Waals surface area contributed by atoms with Crippen LogP contribution in [0.1, 0.15) is 74.6 Å². The maximum atomic E-state index is 12.6. The average Bonchev–Trinajstić information content (AvgIpc) is 2.76. The molecule has 1 saturated carbocycles. The van der Waals surface area contributed by atoms with Gasteiger partial charge in [-0.3, -0.25) is 4.79 Å². The Balaban J connectivity index is 1.26. The van der Waals surface area contributed by atoms with Gasteiger partial charge in [0.15, 0.2) is 0 Å². The number of benzene rings is 1. The van der Waals surface area contributed by atoms with Crippen molar-refractivity contribution in [2.24, 2.45) is 0 Å². The van der Waals surface area contributed by atoms with Crippen LogP contribution < -0.4 is 4.74 Å². The molecule has 3 aliphatic rings. The Labute approximate surface area is 163 Å². The molecule has 4 nitrogen and oxygen atoms in total. The van der Waals surface area contributed by atoms with E-state index in [-0.39, 0.29) is 5.91 Å². The maximum absolute atomic E-state index is 12.6. The van der Waals surface area contributed by atoms with Crippen LogP contribution in [-0.4, -0.2) is 54.0 Å². The Hall–Kier alpha value is -1.55. The molecule has 0 unspecified atom stereocenters. The lowest BCUT2D eigenvalue weighted by Gasteiger charge is -2.39. The second-order valence-corrected chi connectivity index (χ2v) is 8.52.